The Morgan fingerprint density at radius 1 is 1.21 bits per heavy atom. The monoisotopic (exact) mass is 331 g/mol. The van der Waals surface area contributed by atoms with Crippen LogP contribution in [0.4, 0.5) is 0 Å². The molecule has 0 aliphatic heterocycles. The zero-order chi connectivity index (χ0) is 17.3. The second-order valence-corrected chi connectivity index (χ2v) is 9.57. The SMILES string of the molecule is CN(C)[C@@H]1C[C@H]2[C@@H]3CC=C4CCCC(O)[C@]4(C)[C@H]3CC[C@]2(C)C1=O. The molecule has 4 aliphatic carbocycles. The van der Waals surface area contributed by atoms with Gasteiger partial charge in [-0.1, -0.05) is 25.5 Å². The van der Waals surface area contributed by atoms with Crippen molar-refractivity contribution in [2.75, 3.05) is 14.1 Å². The van der Waals surface area contributed by atoms with Crippen molar-refractivity contribution in [3.8, 4) is 0 Å². The number of likely N-dealkylation sites (N-methyl/N-ethyl adjacent to an activating group) is 1. The molecule has 3 fully saturated rings. The van der Waals surface area contributed by atoms with Gasteiger partial charge in [-0.2, -0.15) is 0 Å². The Morgan fingerprint density at radius 3 is 2.67 bits per heavy atom. The number of rotatable bonds is 1. The van der Waals surface area contributed by atoms with Crippen molar-refractivity contribution in [3.63, 3.8) is 0 Å². The molecular weight excluding hydrogens is 298 g/mol. The molecule has 0 spiro atoms. The molecule has 7 atom stereocenters. The average Bonchev–Trinajstić information content (AvgIpc) is 2.81. The molecule has 1 unspecified atom stereocenters. The standard InChI is InChI=1S/C21H33NO2/c1-20-11-10-15-14(16(20)12-17(19(20)24)22(3)4)9-8-13-6-5-7-18(23)21(13,15)2/h8,14-18,23H,5-7,9-12H2,1-4H3/t14-,15+,16+,17-,18?,20+,21+/m1/s1. The maximum Gasteiger partial charge on any atom is 0.156 e. The highest BCUT2D eigenvalue weighted by molar-refractivity contribution is 5.92. The lowest BCUT2D eigenvalue weighted by Crippen LogP contribution is -2.54. The van der Waals surface area contributed by atoms with Gasteiger partial charge in [-0.05, 0) is 76.8 Å². The lowest BCUT2D eigenvalue weighted by Gasteiger charge is -2.57. The van der Waals surface area contributed by atoms with Gasteiger partial charge in [-0.15, -0.1) is 0 Å². The Labute approximate surface area is 146 Å². The highest BCUT2D eigenvalue weighted by Gasteiger charge is 2.62. The molecular formula is C21H33NO2. The number of aliphatic hydroxyl groups is 1. The molecule has 0 saturated heterocycles. The van der Waals surface area contributed by atoms with Crippen LogP contribution in [0.1, 0.15) is 58.8 Å². The first-order valence-electron chi connectivity index (χ1n) is 9.88. The summed E-state index contributed by atoms with van der Waals surface area (Å²) in [5.74, 6) is 2.08. The molecule has 3 saturated carbocycles. The van der Waals surface area contributed by atoms with E-state index in [1.807, 2.05) is 14.1 Å². The van der Waals surface area contributed by atoms with Crippen LogP contribution >= 0.6 is 0 Å². The number of hydrogen-bond donors (Lipinski definition) is 1. The van der Waals surface area contributed by atoms with Gasteiger partial charge in [0.25, 0.3) is 0 Å². The first kappa shape index (κ1) is 16.8. The van der Waals surface area contributed by atoms with Crippen LogP contribution < -0.4 is 0 Å². The van der Waals surface area contributed by atoms with Crippen molar-refractivity contribution in [2.24, 2.45) is 28.6 Å². The summed E-state index contributed by atoms with van der Waals surface area (Å²) >= 11 is 0. The lowest BCUT2D eigenvalue weighted by atomic mass is 9.47. The first-order chi connectivity index (χ1) is 11.3. The normalized spacial score (nSPS) is 51.0. The third-order valence-electron chi connectivity index (χ3n) is 8.51. The van der Waals surface area contributed by atoms with Crippen LogP contribution in [0.5, 0.6) is 0 Å². The van der Waals surface area contributed by atoms with E-state index in [1.54, 1.807) is 0 Å². The summed E-state index contributed by atoms with van der Waals surface area (Å²) in [5.41, 5.74) is 1.33. The molecule has 0 aromatic heterocycles. The van der Waals surface area contributed by atoms with E-state index < -0.39 is 0 Å². The van der Waals surface area contributed by atoms with Crippen molar-refractivity contribution < 1.29 is 9.90 Å². The predicted molar refractivity (Wildman–Crippen MR) is 95.6 cm³/mol. The fourth-order valence-corrected chi connectivity index (χ4v) is 6.95. The summed E-state index contributed by atoms with van der Waals surface area (Å²) in [5, 5.41) is 10.9. The third-order valence-corrected chi connectivity index (χ3v) is 8.51. The van der Waals surface area contributed by atoms with Crippen LogP contribution in [0.25, 0.3) is 0 Å². The van der Waals surface area contributed by atoms with Gasteiger partial charge in [-0.3, -0.25) is 9.69 Å². The van der Waals surface area contributed by atoms with Crippen molar-refractivity contribution in [3.05, 3.63) is 11.6 Å². The van der Waals surface area contributed by atoms with E-state index in [0.717, 1.165) is 44.9 Å². The Kier molecular flexibility index (Phi) is 3.78. The van der Waals surface area contributed by atoms with Gasteiger partial charge in [0.2, 0.25) is 0 Å². The number of Topliss-reactive ketones (excluding diaryl/α,β-unsaturated/α-hetero) is 1. The first-order valence-corrected chi connectivity index (χ1v) is 9.88. The second kappa shape index (κ2) is 5.41. The average molecular weight is 332 g/mol. The molecule has 0 bridgehead atoms. The van der Waals surface area contributed by atoms with E-state index >= 15 is 0 Å². The van der Waals surface area contributed by atoms with Crippen LogP contribution in [0, 0.1) is 28.6 Å². The Bertz CT molecular complexity index is 582. The van der Waals surface area contributed by atoms with Crippen LogP contribution in [-0.2, 0) is 4.79 Å². The fourth-order valence-electron chi connectivity index (χ4n) is 6.95. The molecule has 3 heteroatoms. The minimum Gasteiger partial charge on any atom is -0.392 e. The van der Waals surface area contributed by atoms with Crippen molar-refractivity contribution in [2.45, 2.75) is 70.9 Å². The number of aliphatic hydroxyl groups excluding tert-OH is 1. The summed E-state index contributed by atoms with van der Waals surface area (Å²) < 4.78 is 0. The van der Waals surface area contributed by atoms with E-state index in [0.29, 0.717) is 23.5 Å². The van der Waals surface area contributed by atoms with Gasteiger partial charge in [0, 0.05) is 10.8 Å². The number of carbonyl (C=O) groups excluding carboxylic acids is 1. The number of fused-ring (bicyclic) bond motifs is 5. The van der Waals surface area contributed by atoms with Crippen LogP contribution in [0.2, 0.25) is 0 Å². The summed E-state index contributed by atoms with van der Waals surface area (Å²) in [6.07, 6.45) is 9.73. The molecule has 0 amide bonds. The summed E-state index contributed by atoms with van der Waals surface area (Å²) in [6, 6.07) is 0.0909. The Balaban J connectivity index is 1.71. The maximum atomic E-state index is 13.1. The van der Waals surface area contributed by atoms with Crippen molar-refractivity contribution in [1.82, 2.24) is 4.90 Å². The highest BCUT2D eigenvalue weighted by atomic mass is 16.3. The van der Waals surface area contributed by atoms with Gasteiger partial charge in [0.1, 0.15) is 0 Å². The molecule has 4 rings (SSSR count). The van der Waals surface area contributed by atoms with Gasteiger partial charge < -0.3 is 5.11 Å². The largest absolute Gasteiger partial charge is 0.392 e. The number of ketones is 1. The lowest BCUT2D eigenvalue weighted by molar-refractivity contribution is -0.136. The Morgan fingerprint density at radius 2 is 1.96 bits per heavy atom. The molecule has 0 heterocycles. The molecule has 0 aromatic rings. The van der Waals surface area contributed by atoms with E-state index in [4.69, 9.17) is 0 Å². The second-order valence-electron chi connectivity index (χ2n) is 9.57. The van der Waals surface area contributed by atoms with Crippen LogP contribution in [-0.4, -0.2) is 42.0 Å². The highest BCUT2D eigenvalue weighted by Crippen LogP contribution is 2.64. The molecule has 3 nitrogen and oxygen atoms in total. The molecule has 24 heavy (non-hydrogen) atoms. The zero-order valence-corrected chi connectivity index (χ0v) is 15.7. The minimum atomic E-state index is -0.198. The number of nitrogens with zero attached hydrogens (tertiary/aromatic N) is 1. The fraction of sp³-hybridized carbons (Fsp3) is 0.857. The summed E-state index contributed by atoms with van der Waals surface area (Å²) in [4.78, 5) is 15.2. The van der Waals surface area contributed by atoms with Gasteiger partial charge in [0.15, 0.2) is 5.78 Å². The van der Waals surface area contributed by atoms with E-state index in [9.17, 15) is 9.90 Å². The smallest absolute Gasteiger partial charge is 0.156 e. The maximum absolute atomic E-state index is 13.1. The van der Waals surface area contributed by atoms with Gasteiger partial charge >= 0.3 is 0 Å². The van der Waals surface area contributed by atoms with Crippen LogP contribution in [0.3, 0.4) is 0 Å². The van der Waals surface area contributed by atoms with Crippen molar-refractivity contribution in [1.29, 1.82) is 0 Å². The molecule has 0 radical (unpaired) electrons. The van der Waals surface area contributed by atoms with E-state index in [1.165, 1.54) is 5.57 Å². The zero-order valence-electron chi connectivity index (χ0n) is 15.7. The number of hydrogen-bond acceptors (Lipinski definition) is 3. The topological polar surface area (TPSA) is 40.5 Å². The quantitative estimate of drug-likeness (QED) is 0.749. The molecule has 1 N–H and O–H groups in total. The number of allylic oxidation sites excluding steroid dienone is 1. The molecule has 0 aromatic carbocycles. The van der Waals surface area contributed by atoms with Crippen molar-refractivity contribution >= 4 is 5.78 Å². The summed E-state index contributed by atoms with van der Waals surface area (Å²) in [7, 11) is 4.09. The van der Waals surface area contributed by atoms with Gasteiger partial charge in [-0.25, -0.2) is 0 Å². The number of carbonyl (C=O) groups is 1. The van der Waals surface area contributed by atoms with Crippen LogP contribution in [0.15, 0.2) is 11.6 Å². The van der Waals surface area contributed by atoms with E-state index in [-0.39, 0.29) is 23.0 Å². The molecule has 134 valence electrons. The Hall–Kier alpha value is -0.670. The minimum absolute atomic E-state index is 0.0399. The van der Waals surface area contributed by atoms with E-state index in [2.05, 4.69) is 24.8 Å². The summed E-state index contributed by atoms with van der Waals surface area (Å²) in [6.45, 7) is 4.56. The third kappa shape index (κ3) is 2.00. The van der Waals surface area contributed by atoms with Gasteiger partial charge in [0.05, 0.1) is 12.1 Å². The predicted octanol–water partition coefficient (Wildman–Crippen LogP) is 3.42. The molecule has 4 aliphatic rings.